The monoisotopic (exact) mass is 197 g/mol. The van der Waals surface area contributed by atoms with Gasteiger partial charge in [-0.3, -0.25) is 4.90 Å². The van der Waals surface area contributed by atoms with Gasteiger partial charge in [0.05, 0.1) is 0 Å². The van der Waals surface area contributed by atoms with Crippen molar-refractivity contribution in [2.45, 2.75) is 37.8 Å². The van der Waals surface area contributed by atoms with E-state index in [0.717, 1.165) is 25.0 Å². The van der Waals surface area contributed by atoms with Gasteiger partial charge in [0.25, 0.3) is 0 Å². The maximum absolute atomic E-state index is 5.52. The summed E-state index contributed by atoms with van der Waals surface area (Å²) in [6, 6.07) is 1.73. The van der Waals surface area contributed by atoms with Gasteiger partial charge in [0.15, 0.2) is 0 Å². The molecule has 2 N–H and O–H groups in total. The van der Waals surface area contributed by atoms with Crippen LogP contribution in [0.1, 0.15) is 25.7 Å². The quantitative estimate of drug-likeness (QED) is 0.697. The molecular weight excluding hydrogens is 174 g/mol. The van der Waals surface area contributed by atoms with E-state index in [-0.39, 0.29) is 0 Å². The highest BCUT2D eigenvalue weighted by Crippen LogP contribution is 2.29. The van der Waals surface area contributed by atoms with Crippen LogP contribution in [-0.4, -0.2) is 55.1 Å². The third-order valence-corrected chi connectivity index (χ3v) is 3.62. The molecule has 0 bridgehead atoms. The zero-order chi connectivity index (χ0) is 9.97. The molecule has 2 fully saturated rings. The number of nitrogens with zero attached hydrogens (tertiary/aromatic N) is 2. The Kier molecular flexibility index (Phi) is 3.42. The molecule has 1 unspecified atom stereocenters. The van der Waals surface area contributed by atoms with Crippen LogP contribution in [-0.2, 0) is 0 Å². The Balaban J connectivity index is 1.70. The fourth-order valence-corrected chi connectivity index (χ4v) is 2.44. The summed E-state index contributed by atoms with van der Waals surface area (Å²) in [6.45, 7) is 4.58. The number of hydrogen-bond acceptors (Lipinski definition) is 3. The fourth-order valence-electron chi connectivity index (χ4n) is 2.44. The molecule has 0 amide bonds. The van der Waals surface area contributed by atoms with Gasteiger partial charge in [0.1, 0.15) is 0 Å². The molecule has 2 aliphatic rings. The van der Waals surface area contributed by atoms with Crippen molar-refractivity contribution < 1.29 is 0 Å². The Labute approximate surface area is 87.2 Å². The van der Waals surface area contributed by atoms with Gasteiger partial charge >= 0.3 is 0 Å². The lowest BCUT2D eigenvalue weighted by Gasteiger charge is -2.24. The molecule has 1 saturated carbocycles. The molecule has 0 aromatic heterocycles. The van der Waals surface area contributed by atoms with Crippen molar-refractivity contribution in [2.75, 3.05) is 33.2 Å². The summed E-state index contributed by atoms with van der Waals surface area (Å²) < 4.78 is 0. The van der Waals surface area contributed by atoms with Crippen LogP contribution in [0.2, 0.25) is 0 Å². The summed E-state index contributed by atoms with van der Waals surface area (Å²) in [5, 5.41) is 0. The van der Waals surface area contributed by atoms with E-state index in [2.05, 4.69) is 16.8 Å². The molecule has 0 radical (unpaired) electrons. The highest BCUT2D eigenvalue weighted by Gasteiger charge is 2.34. The smallest absolute Gasteiger partial charge is 0.0235 e. The molecular formula is C11H23N3. The third-order valence-electron chi connectivity index (χ3n) is 3.62. The molecule has 2 rings (SSSR count). The molecule has 14 heavy (non-hydrogen) atoms. The van der Waals surface area contributed by atoms with E-state index in [9.17, 15) is 0 Å². The van der Waals surface area contributed by atoms with Crippen LogP contribution >= 0.6 is 0 Å². The van der Waals surface area contributed by atoms with Crippen LogP contribution in [0.15, 0.2) is 0 Å². The highest BCUT2D eigenvalue weighted by molar-refractivity contribution is 4.90. The van der Waals surface area contributed by atoms with E-state index in [4.69, 9.17) is 5.73 Å². The highest BCUT2D eigenvalue weighted by atomic mass is 15.3. The lowest BCUT2D eigenvalue weighted by molar-refractivity contribution is 0.223. The van der Waals surface area contributed by atoms with Crippen LogP contribution < -0.4 is 5.73 Å². The summed E-state index contributed by atoms with van der Waals surface area (Å²) in [4.78, 5) is 5.17. The van der Waals surface area contributed by atoms with E-state index < -0.39 is 0 Å². The summed E-state index contributed by atoms with van der Waals surface area (Å²) in [5.74, 6) is 0. The van der Waals surface area contributed by atoms with E-state index in [1.165, 1.54) is 38.9 Å². The SMILES string of the molecule is CN(C1CC1)C1CCN(CCCN)C1. The molecule has 3 nitrogen and oxygen atoms in total. The first kappa shape index (κ1) is 10.4. The maximum Gasteiger partial charge on any atom is 0.0235 e. The van der Waals surface area contributed by atoms with Crippen molar-refractivity contribution in [3.8, 4) is 0 Å². The Morgan fingerprint density at radius 2 is 2.07 bits per heavy atom. The average molecular weight is 197 g/mol. The predicted molar refractivity (Wildman–Crippen MR) is 59.3 cm³/mol. The van der Waals surface area contributed by atoms with Gasteiger partial charge < -0.3 is 10.6 Å². The summed E-state index contributed by atoms with van der Waals surface area (Å²) in [6.07, 6.45) is 5.36. The van der Waals surface area contributed by atoms with Crippen LogP contribution in [0.4, 0.5) is 0 Å². The summed E-state index contributed by atoms with van der Waals surface area (Å²) in [5.41, 5.74) is 5.52. The molecule has 0 aromatic carbocycles. The van der Waals surface area contributed by atoms with Crippen molar-refractivity contribution in [2.24, 2.45) is 5.73 Å². The second-order valence-electron chi connectivity index (χ2n) is 4.78. The van der Waals surface area contributed by atoms with Gasteiger partial charge in [0.2, 0.25) is 0 Å². The molecule has 1 aliphatic carbocycles. The van der Waals surface area contributed by atoms with Crippen molar-refractivity contribution in [3.05, 3.63) is 0 Å². The van der Waals surface area contributed by atoms with Crippen molar-refractivity contribution in [1.29, 1.82) is 0 Å². The van der Waals surface area contributed by atoms with Crippen LogP contribution in [0.25, 0.3) is 0 Å². The minimum atomic E-state index is 0.820. The van der Waals surface area contributed by atoms with E-state index >= 15 is 0 Å². The van der Waals surface area contributed by atoms with Gasteiger partial charge in [-0.15, -0.1) is 0 Å². The van der Waals surface area contributed by atoms with Crippen LogP contribution in [0.3, 0.4) is 0 Å². The second-order valence-corrected chi connectivity index (χ2v) is 4.78. The Morgan fingerprint density at radius 3 is 2.71 bits per heavy atom. The van der Waals surface area contributed by atoms with E-state index in [1.54, 1.807) is 0 Å². The minimum Gasteiger partial charge on any atom is -0.330 e. The predicted octanol–water partition coefficient (Wildman–Crippen LogP) is 0.504. The Morgan fingerprint density at radius 1 is 1.29 bits per heavy atom. The number of rotatable bonds is 5. The molecule has 3 heteroatoms. The van der Waals surface area contributed by atoms with E-state index in [1.807, 2.05) is 0 Å². The van der Waals surface area contributed by atoms with Crippen LogP contribution in [0.5, 0.6) is 0 Å². The fraction of sp³-hybridized carbons (Fsp3) is 1.00. The van der Waals surface area contributed by atoms with Crippen molar-refractivity contribution in [1.82, 2.24) is 9.80 Å². The van der Waals surface area contributed by atoms with Crippen LogP contribution in [0, 0.1) is 0 Å². The largest absolute Gasteiger partial charge is 0.330 e. The number of likely N-dealkylation sites (N-methyl/N-ethyl adjacent to an activating group) is 1. The van der Waals surface area contributed by atoms with Gasteiger partial charge in [-0.2, -0.15) is 0 Å². The third kappa shape index (κ3) is 2.47. The topological polar surface area (TPSA) is 32.5 Å². The normalized spacial score (nSPS) is 28.9. The first-order valence-electron chi connectivity index (χ1n) is 5.95. The molecule has 1 heterocycles. The average Bonchev–Trinajstić information content (AvgIpc) is 2.94. The van der Waals surface area contributed by atoms with Gasteiger partial charge in [-0.05, 0) is 52.4 Å². The van der Waals surface area contributed by atoms with Crippen molar-refractivity contribution in [3.63, 3.8) is 0 Å². The molecule has 1 saturated heterocycles. The first-order valence-corrected chi connectivity index (χ1v) is 5.95. The first-order chi connectivity index (χ1) is 6.81. The Bertz CT molecular complexity index is 179. The number of hydrogen-bond donors (Lipinski definition) is 1. The summed E-state index contributed by atoms with van der Waals surface area (Å²) >= 11 is 0. The maximum atomic E-state index is 5.52. The molecule has 1 aliphatic heterocycles. The zero-order valence-corrected chi connectivity index (χ0v) is 9.28. The van der Waals surface area contributed by atoms with Gasteiger partial charge in [-0.25, -0.2) is 0 Å². The Hall–Kier alpha value is -0.120. The standard InChI is InChI=1S/C11H23N3/c1-13(10-3-4-10)11-5-8-14(9-11)7-2-6-12/h10-11H,2-9,12H2,1H3. The van der Waals surface area contributed by atoms with Gasteiger partial charge in [0, 0.05) is 18.6 Å². The van der Waals surface area contributed by atoms with Crippen molar-refractivity contribution >= 4 is 0 Å². The number of nitrogens with two attached hydrogens (primary N) is 1. The lowest BCUT2D eigenvalue weighted by Crippen LogP contribution is -2.36. The minimum absolute atomic E-state index is 0.820. The lowest BCUT2D eigenvalue weighted by atomic mass is 10.2. The van der Waals surface area contributed by atoms with Gasteiger partial charge in [-0.1, -0.05) is 0 Å². The second kappa shape index (κ2) is 4.60. The molecule has 0 spiro atoms. The van der Waals surface area contributed by atoms with E-state index in [0.29, 0.717) is 0 Å². The molecule has 1 atom stereocenters. The number of likely N-dealkylation sites (tertiary alicyclic amines) is 1. The molecule has 0 aromatic rings. The summed E-state index contributed by atoms with van der Waals surface area (Å²) in [7, 11) is 2.30. The zero-order valence-electron chi connectivity index (χ0n) is 9.28. The molecule has 82 valence electrons.